The fourth-order valence-corrected chi connectivity index (χ4v) is 5.34. The lowest BCUT2D eigenvalue weighted by Crippen LogP contribution is -2.30. The number of benzene rings is 2. The Labute approximate surface area is 228 Å². The number of amides is 3. The van der Waals surface area contributed by atoms with Gasteiger partial charge < -0.3 is 20.7 Å². The molecule has 202 valence electrons. The standard InChI is InChI=1S/C29H26N6O5/c1-15-18(16(2)36)4-5-20-19(15)6-8-21(20)34-29(39)24-12-23(32-26-9-10-31-35(24)26)28(38)30-13-17-3-7-22-25(11-17)40-14-27(37)33-22/h3-5,7,9-12,21H,6,8,13-14H2,1-2H3,(H,30,38)(H,33,37)(H,34,39)/t21-/m0/s1. The first-order chi connectivity index (χ1) is 19.3. The Hall–Kier alpha value is -5.06. The van der Waals surface area contributed by atoms with E-state index >= 15 is 0 Å². The summed E-state index contributed by atoms with van der Waals surface area (Å²) in [4.78, 5) is 54.4. The van der Waals surface area contributed by atoms with Crippen LogP contribution in [-0.4, -0.2) is 44.7 Å². The summed E-state index contributed by atoms with van der Waals surface area (Å²) in [6, 6.07) is 11.8. The SMILES string of the molecule is CC(=O)c1ccc2c(c1C)CC[C@@H]2NC(=O)c1cc(C(=O)NCc2ccc3c(c2)OCC(=O)N3)nc2ccnn12. The molecule has 0 saturated carbocycles. The smallest absolute Gasteiger partial charge is 0.270 e. The van der Waals surface area contributed by atoms with E-state index in [-0.39, 0.29) is 48.2 Å². The van der Waals surface area contributed by atoms with E-state index in [1.54, 1.807) is 31.2 Å². The Morgan fingerprint density at radius 3 is 2.80 bits per heavy atom. The van der Waals surface area contributed by atoms with Crippen molar-refractivity contribution in [1.82, 2.24) is 25.2 Å². The summed E-state index contributed by atoms with van der Waals surface area (Å²) < 4.78 is 6.85. The molecule has 40 heavy (non-hydrogen) atoms. The van der Waals surface area contributed by atoms with Crippen LogP contribution in [0, 0.1) is 6.92 Å². The van der Waals surface area contributed by atoms with E-state index in [0.29, 0.717) is 29.1 Å². The Kier molecular flexibility index (Phi) is 6.25. The molecule has 2 aromatic heterocycles. The van der Waals surface area contributed by atoms with Crippen molar-refractivity contribution >= 4 is 34.8 Å². The van der Waals surface area contributed by atoms with E-state index in [0.717, 1.165) is 28.7 Å². The molecule has 0 bridgehead atoms. The van der Waals surface area contributed by atoms with Gasteiger partial charge in [-0.05, 0) is 61.1 Å². The molecule has 2 aromatic carbocycles. The van der Waals surface area contributed by atoms with Crippen molar-refractivity contribution < 1.29 is 23.9 Å². The van der Waals surface area contributed by atoms with Gasteiger partial charge in [0.25, 0.3) is 17.7 Å². The van der Waals surface area contributed by atoms with Gasteiger partial charge in [-0.25, -0.2) is 9.50 Å². The number of carbonyl (C=O) groups is 4. The van der Waals surface area contributed by atoms with Crippen molar-refractivity contribution in [3.05, 3.63) is 87.9 Å². The number of hydrogen-bond donors (Lipinski definition) is 3. The summed E-state index contributed by atoms with van der Waals surface area (Å²) in [6.07, 6.45) is 2.98. The molecule has 11 nitrogen and oxygen atoms in total. The molecule has 0 fully saturated rings. The molecule has 11 heteroatoms. The molecular formula is C29H26N6O5. The van der Waals surface area contributed by atoms with Crippen LogP contribution < -0.4 is 20.7 Å². The summed E-state index contributed by atoms with van der Waals surface area (Å²) >= 11 is 0. The second kappa shape index (κ2) is 9.92. The number of nitrogens with one attached hydrogen (secondary N) is 3. The average molecular weight is 539 g/mol. The summed E-state index contributed by atoms with van der Waals surface area (Å²) in [6.45, 7) is 3.62. The summed E-state index contributed by atoms with van der Waals surface area (Å²) in [5.74, 6) is -0.507. The minimum Gasteiger partial charge on any atom is -0.482 e. The first kappa shape index (κ1) is 25.2. The van der Waals surface area contributed by atoms with Gasteiger partial charge in [0.05, 0.1) is 17.9 Å². The van der Waals surface area contributed by atoms with Gasteiger partial charge in [0.2, 0.25) is 0 Å². The predicted octanol–water partition coefficient (Wildman–Crippen LogP) is 2.92. The number of ether oxygens (including phenoxy) is 1. The van der Waals surface area contributed by atoms with Gasteiger partial charge >= 0.3 is 0 Å². The topological polar surface area (TPSA) is 144 Å². The van der Waals surface area contributed by atoms with Gasteiger partial charge in [0, 0.05) is 24.2 Å². The van der Waals surface area contributed by atoms with Crippen molar-refractivity contribution in [2.24, 2.45) is 0 Å². The van der Waals surface area contributed by atoms with Gasteiger partial charge in [-0.1, -0.05) is 18.2 Å². The number of nitrogens with zero attached hydrogens (tertiary/aromatic N) is 3. The molecular weight excluding hydrogens is 512 g/mol. The lowest BCUT2D eigenvalue weighted by atomic mass is 9.96. The van der Waals surface area contributed by atoms with Gasteiger partial charge in [-0.15, -0.1) is 0 Å². The van der Waals surface area contributed by atoms with Crippen molar-refractivity contribution in [1.29, 1.82) is 0 Å². The number of aromatic nitrogens is 3. The second-order valence-electron chi connectivity index (χ2n) is 9.90. The van der Waals surface area contributed by atoms with Crippen LogP contribution in [0.5, 0.6) is 5.75 Å². The highest BCUT2D eigenvalue weighted by Gasteiger charge is 2.28. The number of carbonyl (C=O) groups excluding carboxylic acids is 4. The average Bonchev–Trinajstić information content (AvgIpc) is 3.58. The molecule has 0 saturated heterocycles. The first-order valence-corrected chi connectivity index (χ1v) is 12.9. The number of ketones is 1. The zero-order chi connectivity index (χ0) is 28.0. The van der Waals surface area contributed by atoms with E-state index in [2.05, 4.69) is 26.0 Å². The van der Waals surface area contributed by atoms with E-state index in [1.165, 1.54) is 16.8 Å². The van der Waals surface area contributed by atoms with Crippen molar-refractivity contribution in [2.45, 2.75) is 39.3 Å². The lowest BCUT2D eigenvalue weighted by molar-refractivity contribution is -0.118. The molecule has 4 aromatic rings. The molecule has 6 rings (SSSR count). The van der Waals surface area contributed by atoms with Crippen LogP contribution in [0.15, 0.2) is 48.7 Å². The summed E-state index contributed by atoms with van der Waals surface area (Å²) in [5, 5.41) is 12.9. The molecule has 2 aliphatic rings. The van der Waals surface area contributed by atoms with Gasteiger partial charge in [-0.3, -0.25) is 19.2 Å². The molecule has 0 spiro atoms. The molecule has 1 aliphatic carbocycles. The van der Waals surface area contributed by atoms with Gasteiger partial charge in [0.1, 0.15) is 17.1 Å². The molecule has 0 radical (unpaired) electrons. The Bertz CT molecular complexity index is 1730. The van der Waals surface area contributed by atoms with Crippen LogP contribution in [0.3, 0.4) is 0 Å². The lowest BCUT2D eigenvalue weighted by Gasteiger charge is -2.18. The highest BCUT2D eigenvalue weighted by Crippen LogP contribution is 2.35. The maximum absolute atomic E-state index is 13.5. The van der Waals surface area contributed by atoms with Crippen LogP contribution >= 0.6 is 0 Å². The summed E-state index contributed by atoms with van der Waals surface area (Å²) in [5.41, 5.74) is 5.71. The van der Waals surface area contributed by atoms with Gasteiger partial charge in [-0.2, -0.15) is 5.10 Å². The van der Waals surface area contributed by atoms with E-state index in [9.17, 15) is 19.2 Å². The molecule has 3 amide bonds. The normalized spacial score (nSPS) is 15.6. The minimum atomic E-state index is -0.455. The Morgan fingerprint density at radius 1 is 1.12 bits per heavy atom. The molecule has 3 heterocycles. The van der Waals surface area contributed by atoms with Crippen LogP contribution in [0.4, 0.5) is 5.69 Å². The quantitative estimate of drug-likeness (QED) is 0.320. The van der Waals surface area contributed by atoms with Crippen molar-refractivity contribution in [3.8, 4) is 5.75 Å². The van der Waals surface area contributed by atoms with E-state index in [1.807, 2.05) is 19.1 Å². The Balaban J connectivity index is 1.20. The van der Waals surface area contributed by atoms with Crippen LogP contribution in [0.1, 0.15) is 73.0 Å². The fourth-order valence-electron chi connectivity index (χ4n) is 5.34. The van der Waals surface area contributed by atoms with Crippen molar-refractivity contribution in [2.75, 3.05) is 11.9 Å². The third-order valence-electron chi connectivity index (χ3n) is 7.33. The van der Waals surface area contributed by atoms with Crippen LogP contribution in [0.2, 0.25) is 0 Å². The third kappa shape index (κ3) is 4.55. The number of Topliss-reactive ketones (excluding diaryl/α,β-unsaturated/α-hetero) is 1. The fraction of sp³-hybridized carbons (Fsp3) is 0.241. The van der Waals surface area contributed by atoms with Gasteiger partial charge in [0.15, 0.2) is 18.0 Å². The minimum absolute atomic E-state index is 0.0184. The van der Waals surface area contributed by atoms with Crippen LogP contribution in [0.25, 0.3) is 5.65 Å². The van der Waals surface area contributed by atoms with Crippen LogP contribution in [-0.2, 0) is 17.8 Å². The number of anilines is 1. The first-order valence-electron chi connectivity index (χ1n) is 12.9. The largest absolute Gasteiger partial charge is 0.482 e. The maximum atomic E-state index is 13.5. The molecule has 1 aliphatic heterocycles. The number of hydrogen-bond acceptors (Lipinski definition) is 7. The number of rotatable bonds is 6. The van der Waals surface area contributed by atoms with E-state index < -0.39 is 5.91 Å². The zero-order valence-corrected chi connectivity index (χ0v) is 21.9. The molecule has 3 N–H and O–H groups in total. The Morgan fingerprint density at radius 2 is 1.98 bits per heavy atom. The zero-order valence-electron chi connectivity index (χ0n) is 21.9. The number of fused-ring (bicyclic) bond motifs is 3. The molecule has 0 unspecified atom stereocenters. The predicted molar refractivity (Wildman–Crippen MR) is 144 cm³/mol. The highest BCUT2D eigenvalue weighted by atomic mass is 16.5. The summed E-state index contributed by atoms with van der Waals surface area (Å²) in [7, 11) is 0. The second-order valence-corrected chi connectivity index (χ2v) is 9.90. The third-order valence-corrected chi connectivity index (χ3v) is 7.33. The maximum Gasteiger partial charge on any atom is 0.270 e. The monoisotopic (exact) mass is 538 g/mol. The highest BCUT2D eigenvalue weighted by molar-refractivity contribution is 5.99. The van der Waals surface area contributed by atoms with Crippen molar-refractivity contribution in [3.63, 3.8) is 0 Å². The van der Waals surface area contributed by atoms with E-state index in [4.69, 9.17) is 4.74 Å². The molecule has 1 atom stereocenters.